The summed E-state index contributed by atoms with van der Waals surface area (Å²) in [4.78, 5) is 0. The van der Waals surface area contributed by atoms with Crippen LogP contribution in [0.4, 0.5) is 0 Å². The van der Waals surface area contributed by atoms with Crippen molar-refractivity contribution in [3.8, 4) is 0 Å². The molecule has 0 spiro atoms. The average molecular weight is 315 g/mol. The number of benzene rings is 1. The molecule has 0 heterocycles. The fraction of sp³-hybridized carbons (Fsp3) is 0.647. The maximum Gasteiger partial charge on any atom is 0.0911 e. The molecule has 1 fully saturated rings. The lowest BCUT2D eigenvalue weighted by molar-refractivity contribution is -0.0327. The highest BCUT2D eigenvalue weighted by Gasteiger charge is 2.40. The normalized spacial score (nSPS) is 27.6. The van der Waals surface area contributed by atoms with Crippen molar-refractivity contribution in [2.24, 2.45) is 11.3 Å². The fourth-order valence-corrected chi connectivity index (χ4v) is 3.77. The highest BCUT2D eigenvalue weighted by atomic mass is 35.5. The first-order chi connectivity index (χ1) is 9.30. The molecular formula is C17H24Cl2O. The van der Waals surface area contributed by atoms with E-state index in [1.54, 1.807) is 6.07 Å². The Morgan fingerprint density at radius 3 is 2.40 bits per heavy atom. The molecule has 0 amide bonds. The Morgan fingerprint density at radius 1 is 1.25 bits per heavy atom. The van der Waals surface area contributed by atoms with E-state index in [1.165, 1.54) is 6.42 Å². The van der Waals surface area contributed by atoms with E-state index in [0.717, 1.165) is 31.2 Å². The first-order valence-electron chi connectivity index (χ1n) is 7.47. The molecule has 112 valence electrons. The van der Waals surface area contributed by atoms with Gasteiger partial charge in [0.1, 0.15) is 0 Å². The number of rotatable bonds is 3. The maximum absolute atomic E-state index is 11.0. The van der Waals surface area contributed by atoms with Crippen LogP contribution in [0.3, 0.4) is 0 Å². The topological polar surface area (TPSA) is 20.2 Å². The van der Waals surface area contributed by atoms with Gasteiger partial charge >= 0.3 is 0 Å². The summed E-state index contributed by atoms with van der Waals surface area (Å²) in [6, 6.07) is 5.53. The molecule has 0 radical (unpaired) electrons. The maximum atomic E-state index is 11.0. The van der Waals surface area contributed by atoms with Crippen molar-refractivity contribution in [1.29, 1.82) is 0 Å². The van der Waals surface area contributed by atoms with Crippen LogP contribution in [0.5, 0.6) is 0 Å². The molecule has 20 heavy (non-hydrogen) atoms. The van der Waals surface area contributed by atoms with E-state index in [1.807, 2.05) is 12.1 Å². The lowest BCUT2D eigenvalue weighted by Crippen LogP contribution is -2.36. The first-order valence-corrected chi connectivity index (χ1v) is 8.22. The zero-order chi connectivity index (χ0) is 15.0. The lowest BCUT2D eigenvalue weighted by atomic mass is 9.65. The van der Waals surface area contributed by atoms with E-state index in [9.17, 15) is 5.11 Å². The van der Waals surface area contributed by atoms with Crippen molar-refractivity contribution >= 4 is 23.2 Å². The number of hydrogen-bond acceptors (Lipinski definition) is 1. The third-order valence-corrected chi connectivity index (χ3v) is 6.10. The highest BCUT2D eigenvalue weighted by molar-refractivity contribution is 6.42. The standard InChI is InChI=1S/C17H24Cl2O/c1-4-16(2,3)12-8-10-17(20,11-9-12)13-6-5-7-14(18)15(13)19/h5-7,12,20H,4,8-11H2,1-3H3. The zero-order valence-corrected chi connectivity index (χ0v) is 14.1. The molecule has 1 N–H and O–H groups in total. The van der Waals surface area contributed by atoms with Crippen molar-refractivity contribution < 1.29 is 5.11 Å². The van der Waals surface area contributed by atoms with Crippen LogP contribution in [0.2, 0.25) is 10.0 Å². The smallest absolute Gasteiger partial charge is 0.0911 e. The molecule has 1 aromatic rings. The number of hydrogen-bond donors (Lipinski definition) is 1. The van der Waals surface area contributed by atoms with Gasteiger partial charge in [0.15, 0.2) is 0 Å². The molecule has 0 unspecified atom stereocenters. The van der Waals surface area contributed by atoms with E-state index in [2.05, 4.69) is 20.8 Å². The molecule has 1 nitrogen and oxygen atoms in total. The van der Waals surface area contributed by atoms with Gasteiger partial charge in [-0.3, -0.25) is 0 Å². The summed E-state index contributed by atoms with van der Waals surface area (Å²) < 4.78 is 0. The van der Waals surface area contributed by atoms with Crippen LogP contribution in [-0.2, 0) is 5.60 Å². The van der Waals surface area contributed by atoms with Crippen molar-refractivity contribution in [3.05, 3.63) is 33.8 Å². The molecule has 1 aliphatic carbocycles. The molecule has 0 saturated heterocycles. The Labute approximate surface area is 132 Å². The van der Waals surface area contributed by atoms with Crippen LogP contribution in [0.25, 0.3) is 0 Å². The van der Waals surface area contributed by atoms with Crippen molar-refractivity contribution in [2.45, 2.75) is 58.5 Å². The summed E-state index contributed by atoms with van der Waals surface area (Å²) in [5.74, 6) is 0.672. The Bertz CT molecular complexity index is 474. The second-order valence-corrected chi connectivity index (χ2v) is 7.53. The molecule has 0 aromatic heterocycles. The van der Waals surface area contributed by atoms with Crippen molar-refractivity contribution in [2.75, 3.05) is 0 Å². The van der Waals surface area contributed by atoms with Gasteiger partial charge in [0.25, 0.3) is 0 Å². The largest absolute Gasteiger partial charge is 0.385 e. The van der Waals surface area contributed by atoms with Gasteiger partial charge in [-0.15, -0.1) is 0 Å². The Hall–Kier alpha value is -0.240. The summed E-state index contributed by atoms with van der Waals surface area (Å²) in [5.41, 5.74) is 0.321. The number of halogens is 2. The number of aliphatic hydroxyl groups is 1. The lowest BCUT2D eigenvalue weighted by Gasteiger charge is -2.43. The monoisotopic (exact) mass is 314 g/mol. The van der Waals surface area contributed by atoms with E-state index in [-0.39, 0.29) is 0 Å². The second kappa shape index (κ2) is 5.87. The molecule has 1 aromatic carbocycles. The quantitative estimate of drug-likeness (QED) is 0.746. The SMILES string of the molecule is CCC(C)(C)C1CCC(O)(c2cccc(Cl)c2Cl)CC1. The molecule has 0 bridgehead atoms. The van der Waals surface area contributed by atoms with Crippen LogP contribution >= 0.6 is 23.2 Å². The molecule has 1 saturated carbocycles. The van der Waals surface area contributed by atoms with Crippen LogP contribution < -0.4 is 0 Å². The van der Waals surface area contributed by atoms with Crippen molar-refractivity contribution in [1.82, 2.24) is 0 Å². The van der Waals surface area contributed by atoms with Crippen LogP contribution in [0.15, 0.2) is 18.2 Å². The minimum atomic E-state index is -0.817. The zero-order valence-electron chi connectivity index (χ0n) is 12.5. The molecular weight excluding hydrogens is 291 g/mol. The van der Waals surface area contributed by atoms with Crippen molar-refractivity contribution in [3.63, 3.8) is 0 Å². The predicted molar refractivity (Wildman–Crippen MR) is 86.4 cm³/mol. The van der Waals surface area contributed by atoms with E-state index >= 15 is 0 Å². The van der Waals surface area contributed by atoms with Gasteiger partial charge in [0.05, 0.1) is 15.6 Å². The minimum Gasteiger partial charge on any atom is -0.385 e. The van der Waals surface area contributed by atoms with Crippen LogP contribution in [0, 0.1) is 11.3 Å². The first kappa shape index (κ1) is 16.1. The summed E-state index contributed by atoms with van der Waals surface area (Å²) >= 11 is 12.4. The van der Waals surface area contributed by atoms with E-state index in [0.29, 0.717) is 21.4 Å². The fourth-order valence-electron chi connectivity index (χ4n) is 3.30. The van der Waals surface area contributed by atoms with Gasteiger partial charge in [-0.1, -0.05) is 62.5 Å². The molecule has 2 rings (SSSR count). The van der Waals surface area contributed by atoms with Gasteiger partial charge in [0, 0.05) is 5.56 Å². The predicted octanol–water partition coefficient (Wildman–Crippen LogP) is 5.81. The van der Waals surface area contributed by atoms with Crippen LogP contribution in [0.1, 0.15) is 58.4 Å². The average Bonchev–Trinajstić information content (AvgIpc) is 2.42. The summed E-state index contributed by atoms with van der Waals surface area (Å²) in [7, 11) is 0. The second-order valence-electron chi connectivity index (χ2n) is 6.75. The third kappa shape index (κ3) is 3.00. The molecule has 0 aliphatic heterocycles. The summed E-state index contributed by atoms with van der Waals surface area (Å²) in [6.07, 6.45) is 4.79. The van der Waals surface area contributed by atoms with Gasteiger partial charge in [-0.05, 0) is 43.1 Å². The Balaban J connectivity index is 2.18. The highest BCUT2D eigenvalue weighted by Crippen LogP contribution is 2.48. The van der Waals surface area contributed by atoms with Gasteiger partial charge in [-0.25, -0.2) is 0 Å². The molecule has 3 heteroatoms. The molecule has 0 atom stereocenters. The van der Waals surface area contributed by atoms with Gasteiger partial charge < -0.3 is 5.11 Å². The van der Waals surface area contributed by atoms with E-state index < -0.39 is 5.60 Å². The summed E-state index contributed by atoms with van der Waals surface area (Å²) in [6.45, 7) is 6.90. The Kier molecular flexibility index (Phi) is 4.73. The third-order valence-electron chi connectivity index (χ3n) is 5.28. The van der Waals surface area contributed by atoms with Crippen LogP contribution in [-0.4, -0.2) is 5.11 Å². The summed E-state index contributed by atoms with van der Waals surface area (Å²) in [5, 5.41) is 12.0. The molecule has 1 aliphatic rings. The Morgan fingerprint density at radius 2 is 1.85 bits per heavy atom. The van der Waals surface area contributed by atoms with Gasteiger partial charge in [-0.2, -0.15) is 0 Å². The van der Waals surface area contributed by atoms with Gasteiger partial charge in [0.2, 0.25) is 0 Å². The van der Waals surface area contributed by atoms with E-state index in [4.69, 9.17) is 23.2 Å². The minimum absolute atomic E-state index is 0.347.